The summed E-state index contributed by atoms with van der Waals surface area (Å²) < 4.78 is 5.52. The van der Waals surface area contributed by atoms with Crippen molar-refractivity contribution in [1.82, 2.24) is 4.90 Å². The van der Waals surface area contributed by atoms with Crippen molar-refractivity contribution in [1.29, 1.82) is 0 Å². The first-order valence-corrected chi connectivity index (χ1v) is 7.03. The molecule has 4 nitrogen and oxygen atoms in total. The fourth-order valence-electron chi connectivity index (χ4n) is 2.25. The minimum absolute atomic E-state index is 0.133. The van der Waals surface area contributed by atoms with Crippen molar-refractivity contribution in [3.63, 3.8) is 0 Å². The predicted octanol–water partition coefficient (Wildman–Crippen LogP) is 2.04. The summed E-state index contributed by atoms with van der Waals surface area (Å²) in [5, 5.41) is 0. The fourth-order valence-corrected chi connectivity index (χ4v) is 2.25. The van der Waals surface area contributed by atoms with Crippen molar-refractivity contribution in [3.8, 4) is 5.75 Å². The Morgan fingerprint density at radius 2 is 1.84 bits per heavy atom. The second-order valence-electron chi connectivity index (χ2n) is 4.87. The molecule has 104 valence electrons. The molecule has 1 amide bonds. The summed E-state index contributed by atoms with van der Waals surface area (Å²) in [7, 11) is 0. The Morgan fingerprint density at radius 3 is 2.47 bits per heavy atom. The number of benzene rings is 1. The first-order chi connectivity index (χ1) is 9.31. The summed E-state index contributed by atoms with van der Waals surface area (Å²) in [5.74, 6) is 0.928. The number of piperidine rings is 1. The van der Waals surface area contributed by atoms with E-state index in [4.69, 9.17) is 10.5 Å². The molecule has 0 unspecified atom stereocenters. The Balaban J connectivity index is 1.91. The summed E-state index contributed by atoms with van der Waals surface area (Å²) in [5.41, 5.74) is 6.15. The number of nitrogens with two attached hydrogens (primary N) is 1. The number of amides is 1. The summed E-state index contributed by atoms with van der Waals surface area (Å²) in [6.45, 7) is 3.02. The van der Waals surface area contributed by atoms with Crippen molar-refractivity contribution >= 4 is 5.91 Å². The van der Waals surface area contributed by atoms with Crippen LogP contribution in [-0.4, -0.2) is 37.0 Å². The van der Waals surface area contributed by atoms with E-state index in [1.807, 2.05) is 29.2 Å². The van der Waals surface area contributed by atoms with Gasteiger partial charge < -0.3 is 15.4 Å². The summed E-state index contributed by atoms with van der Waals surface area (Å²) in [6.07, 6.45) is 4.31. The molecule has 0 aromatic heterocycles. The van der Waals surface area contributed by atoms with E-state index < -0.39 is 0 Å². The summed E-state index contributed by atoms with van der Waals surface area (Å²) in [4.78, 5) is 14.2. The van der Waals surface area contributed by atoms with Crippen LogP contribution in [-0.2, 0) is 0 Å². The predicted molar refractivity (Wildman–Crippen MR) is 75.4 cm³/mol. The zero-order valence-corrected chi connectivity index (χ0v) is 11.3. The van der Waals surface area contributed by atoms with Gasteiger partial charge in [-0.25, -0.2) is 0 Å². The molecular formula is C15H22N2O2. The van der Waals surface area contributed by atoms with Gasteiger partial charge in [0.15, 0.2) is 0 Å². The smallest absolute Gasteiger partial charge is 0.253 e. The first-order valence-electron chi connectivity index (χ1n) is 7.03. The number of nitrogens with zero attached hydrogens (tertiary/aromatic N) is 1. The summed E-state index contributed by atoms with van der Waals surface area (Å²) in [6, 6.07) is 7.39. The van der Waals surface area contributed by atoms with Gasteiger partial charge in [0, 0.05) is 18.7 Å². The summed E-state index contributed by atoms with van der Waals surface area (Å²) >= 11 is 0. The molecule has 2 rings (SSSR count). The lowest BCUT2D eigenvalue weighted by atomic mass is 10.1. The standard InChI is InChI=1S/C15H22N2O2/c16-9-4-12-19-14-7-5-13(6-8-14)15(18)17-10-2-1-3-11-17/h5-8H,1-4,9-12,16H2. The highest BCUT2D eigenvalue weighted by atomic mass is 16.5. The van der Waals surface area contributed by atoms with Crippen molar-refractivity contribution in [3.05, 3.63) is 29.8 Å². The van der Waals surface area contributed by atoms with E-state index in [1.165, 1.54) is 6.42 Å². The van der Waals surface area contributed by atoms with Gasteiger partial charge in [-0.05, 0) is 56.5 Å². The average molecular weight is 262 g/mol. The third-order valence-electron chi connectivity index (χ3n) is 3.36. The molecule has 4 heteroatoms. The number of ether oxygens (including phenoxy) is 1. The van der Waals surface area contributed by atoms with Gasteiger partial charge in [-0.1, -0.05) is 0 Å². The minimum Gasteiger partial charge on any atom is -0.494 e. The molecule has 0 aliphatic carbocycles. The molecule has 1 aliphatic rings. The number of carbonyl (C=O) groups excluding carboxylic acids is 1. The number of carbonyl (C=O) groups is 1. The van der Waals surface area contributed by atoms with Crippen molar-refractivity contribution < 1.29 is 9.53 Å². The van der Waals surface area contributed by atoms with E-state index >= 15 is 0 Å². The van der Waals surface area contributed by atoms with E-state index in [0.717, 1.165) is 43.7 Å². The maximum absolute atomic E-state index is 12.2. The van der Waals surface area contributed by atoms with Crippen LogP contribution < -0.4 is 10.5 Å². The van der Waals surface area contributed by atoms with Crippen LogP contribution in [0.1, 0.15) is 36.0 Å². The zero-order chi connectivity index (χ0) is 13.5. The first kappa shape index (κ1) is 13.9. The average Bonchev–Trinajstić information content (AvgIpc) is 2.48. The molecule has 1 saturated heterocycles. The molecule has 0 atom stereocenters. The van der Waals surface area contributed by atoms with Gasteiger partial charge >= 0.3 is 0 Å². The van der Waals surface area contributed by atoms with Crippen molar-refractivity contribution in [2.45, 2.75) is 25.7 Å². The Labute approximate surface area is 114 Å². The highest BCUT2D eigenvalue weighted by molar-refractivity contribution is 5.94. The molecule has 0 saturated carbocycles. The van der Waals surface area contributed by atoms with Gasteiger partial charge in [0.05, 0.1) is 6.61 Å². The second-order valence-corrected chi connectivity index (χ2v) is 4.87. The van der Waals surface area contributed by atoms with Crippen LogP contribution in [0.4, 0.5) is 0 Å². The topological polar surface area (TPSA) is 55.6 Å². The Bertz CT molecular complexity index is 397. The Hall–Kier alpha value is -1.55. The van der Waals surface area contributed by atoms with E-state index in [2.05, 4.69) is 0 Å². The normalized spacial score (nSPS) is 15.3. The second kappa shape index (κ2) is 7.14. The van der Waals surface area contributed by atoms with Crippen molar-refractivity contribution in [2.75, 3.05) is 26.2 Å². The van der Waals surface area contributed by atoms with Crippen LogP contribution in [0, 0.1) is 0 Å². The Morgan fingerprint density at radius 1 is 1.16 bits per heavy atom. The third-order valence-corrected chi connectivity index (χ3v) is 3.36. The van der Waals surface area contributed by atoms with Crippen LogP contribution in [0.25, 0.3) is 0 Å². The molecule has 0 radical (unpaired) electrons. The number of hydrogen-bond donors (Lipinski definition) is 1. The quantitative estimate of drug-likeness (QED) is 0.826. The lowest BCUT2D eigenvalue weighted by Gasteiger charge is -2.26. The van der Waals surface area contributed by atoms with E-state index in [9.17, 15) is 4.79 Å². The fraction of sp³-hybridized carbons (Fsp3) is 0.533. The largest absolute Gasteiger partial charge is 0.494 e. The highest BCUT2D eigenvalue weighted by Crippen LogP contribution is 2.16. The van der Waals surface area contributed by atoms with E-state index in [1.54, 1.807) is 0 Å². The third kappa shape index (κ3) is 3.96. The van der Waals surface area contributed by atoms with Gasteiger partial charge in [-0.3, -0.25) is 4.79 Å². The number of likely N-dealkylation sites (tertiary alicyclic amines) is 1. The molecule has 19 heavy (non-hydrogen) atoms. The molecule has 0 bridgehead atoms. The monoisotopic (exact) mass is 262 g/mol. The van der Waals surface area contributed by atoms with Crippen LogP contribution in [0.15, 0.2) is 24.3 Å². The number of hydrogen-bond acceptors (Lipinski definition) is 3. The minimum atomic E-state index is 0.133. The van der Waals surface area contributed by atoms with Crippen LogP contribution in [0.2, 0.25) is 0 Å². The van der Waals surface area contributed by atoms with Crippen LogP contribution in [0.3, 0.4) is 0 Å². The Kier molecular flexibility index (Phi) is 5.21. The molecule has 0 spiro atoms. The SMILES string of the molecule is NCCCOc1ccc(C(=O)N2CCCCC2)cc1. The molecule has 1 aromatic carbocycles. The van der Waals surface area contributed by atoms with Crippen LogP contribution in [0.5, 0.6) is 5.75 Å². The number of rotatable bonds is 5. The molecule has 1 aliphatic heterocycles. The lowest BCUT2D eigenvalue weighted by Crippen LogP contribution is -2.35. The molecule has 2 N–H and O–H groups in total. The lowest BCUT2D eigenvalue weighted by molar-refractivity contribution is 0.0724. The maximum atomic E-state index is 12.2. The van der Waals surface area contributed by atoms with Crippen LogP contribution >= 0.6 is 0 Å². The van der Waals surface area contributed by atoms with Gasteiger partial charge in [0.1, 0.15) is 5.75 Å². The van der Waals surface area contributed by atoms with Gasteiger partial charge in [-0.2, -0.15) is 0 Å². The highest BCUT2D eigenvalue weighted by Gasteiger charge is 2.17. The molecule has 1 fully saturated rings. The molecule has 1 aromatic rings. The maximum Gasteiger partial charge on any atom is 0.253 e. The molecular weight excluding hydrogens is 240 g/mol. The van der Waals surface area contributed by atoms with Crippen molar-refractivity contribution in [2.24, 2.45) is 5.73 Å². The zero-order valence-electron chi connectivity index (χ0n) is 11.3. The van der Waals surface area contributed by atoms with Gasteiger partial charge in [-0.15, -0.1) is 0 Å². The van der Waals surface area contributed by atoms with E-state index in [-0.39, 0.29) is 5.91 Å². The van der Waals surface area contributed by atoms with Gasteiger partial charge in [0.2, 0.25) is 0 Å². The van der Waals surface area contributed by atoms with E-state index in [0.29, 0.717) is 13.2 Å². The van der Waals surface area contributed by atoms with Gasteiger partial charge in [0.25, 0.3) is 5.91 Å². The molecule has 1 heterocycles.